The number of carbonyl (C=O) groups excluding carboxylic acids is 3. The summed E-state index contributed by atoms with van der Waals surface area (Å²) in [4.78, 5) is 41.8. The number of hydrogen-bond acceptors (Lipinski definition) is 7. The Morgan fingerprint density at radius 1 is 0.939 bits per heavy atom. The van der Waals surface area contributed by atoms with E-state index in [-0.39, 0.29) is 13.0 Å². The van der Waals surface area contributed by atoms with E-state index in [0.717, 1.165) is 11.3 Å². The largest absolute Gasteiger partial charge is 0.493 e. The number of rotatable bonds is 9. The van der Waals surface area contributed by atoms with Crippen molar-refractivity contribution >= 4 is 28.9 Å². The maximum atomic E-state index is 13.0. The number of aromatic nitrogens is 1. The maximum absolute atomic E-state index is 13.0. The fourth-order valence-electron chi connectivity index (χ4n) is 3.40. The van der Waals surface area contributed by atoms with Crippen LogP contribution in [0.5, 0.6) is 5.75 Å². The summed E-state index contributed by atoms with van der Waals surface area (Å²) in [5, 5.41) is 1.65. The van der Waals surface area contributed by atoms with Gasteiger partial charge in [0, 0.05) is 24.7 Å². The van der Waals surface area contributed by atoms with Crippen molar-refractivity contribution in [1.82, 2.24) is 10.3 Å². The number of pyridine rings is 1. The molecule has 0 radical (unpaired) electrons. The van der Waals surface area contributed by atoms with Crippen LogP contribution in [0.4, 0.5) is 4.79 Å². The normalized spacial score (nSPS) is 17.5. The van der Waals surface area contributed by atoms with E-state index in [9.17, 15) is 14.4 Å². The Balaban J connectivity index is 1.40. The fraction of sp³-hybridized carbons (Fsp3) is 0.200. The summed E-state index contributed by atoms with van der Waals surface area (Å²) in [6.45, 7) is 0.491. The molecule has 0 spiro atoms. The van der Waals surface area contributed by atoms with Gasteiger partial charge in [-0.05, 0) is 47.2 Å². The summed E-state index contributed by atoms with van der Waals surface area (Å²) in [7, 11) is 0. The highest BCUT2D eigenvalue weighted by Gasteiger charge is 2.55. The molecule has 0 saturated carbocycles. The molecule has 2 heterocycles. The molecule has 1 aromatic heterocycles. The first-order chi connectivity index (χ1) is 16.0. The summed E-state index contributed by atoms with van der Waals surface area (Å²) >= 11 is 0.663. The molecule has 33 heavy (non-hydrogen) atoms. The van der Waals surface area contributed by atoms with Crippen LogP contribution in [0.3, 0.4) is 0 Å². The Hall–Kier alpha value is -3.65. The number of nitrogens with zero attached hydrogens (tertiary/aromatic N) is 1. The Labute approximate surface area is 195 Å². The molecule has 1 atom stereocenters. The van der Waals surface area contributed by atoms with Gasteiger partial charge in [-0.2, -0.15) is 0 Å². The highest BCUT2D eigenvalue weighted by molar-refractivity contribution is 8.16. The minimum absolute atomic E-state index is 0.0203. The molecule has 1 N–H and O–H groups in total. The van der Waals surface area contributed by atoms with Crippen LogP contribution in [0.15, 0.2) is 79.0 Å². The first-order valence-corrected chi connectivity index (χ1v) is 11.2. The first kappa shape index (κ1) is 22.5. The van der Waals surface area contributed by atoms with Crippen molar-refractivity contribution in [3.05, 3.63) is 95.8 Å². The lowest BCUT2D eigenvalue weighted by molar-refractivity contribution is -0.150. The summed E-state index contributed by atoms with van der Waals surface area (Å²) in [5.41, 5.74) is 2.45. The number of benzene rings is 2. The molecule has 8 heteroatoms. The van der Waals surface area contributed by atoms with Crippen LogP contribution in [0.1, 0.15) is 16.8 Å². The maximum Gasteiger partial charge on any atom is 0.333 e. The molecular formula is C25H22N2O5S. The SMILES string of the molecule is O=C1NC(=O)[C@@](Cc2ccc(OCCc3ccccn3)cc2)(C(=O)OCc2ccccc2)S1. The van der Waals surface area contributed by atoms with E-state index in [1.807, 2.05) is 48.5 Å². The molecular weight excluding hydrogens is 440 g/mol. The zero-order valence-corrected chi connectivity index (χ0v) is 18.5. The third-order valence-electron chi connectivity index (χ3n) is 5.12. The summed E-state index contributed by atoms with van der Waals surface area (Å²) in [5.74, 6) is -0.739. The molecule has 0 unspecified atom stereocenters. The second-order valence-corrected chi connectivity index (χ2v) is 8.74. The summed E-state index contributed by atoms with van der Waals surface area (Å²) < 4.78 is 9.53. The van der Waals surface area contributed by atoms with E-state index in [1.54, 1.807) is 30.5 Å². The molecule has 3 aromatic rings. The molecule has 4 rings (SSSR count). The average Bonchev–Trinajstić information content (AvgIpc) is 3.13. The van der Waals surface area contributed by atoms with E-state index >= 15 is 0 Å². The number of imide groups is 1. The summed E-state index contributed by atoms with van der Waals surface area (Å²) in [6.07, 6.45) is 2.45. The minimum Gasteiger partial charge on any atom is -0.493 e. The number of ether oxygens (including phenoxy) is 2. The molecule has 1 saturated heterocycles. The molecule has 1 aliphatic rings. The Bertz CT molecular complexity index is 1120. The van der Waals surface area contributed by atoms with Gasteiger partial charge in [-0.1, -0.05) is 48.5 Å². The van der Waals surface area contributed by atoms with Gasteiger partial charge >= 0.3 is 5.97 Å². The smallest absolute Gasteiger partial charge is 0.333 e. The topological polar surface area (TPSA) is 94.6 Å². The van der Waals surface area contributed by atoms with Crippen molar-refractivity contribution in [3.63, 3.8) is 0 Å². The number of amides is 2. The van der Waals surface area contributed by atoms with E-state index in [4.69, 9.17) is 9.47 Å². The van der Waals surface area contributed by atoms with Crippen molar-refractivity contribution in [1.29, 1.82) is 0 Å². The number of hydrogen-bond donors (Lipinski definition) is 1. The third kappa shape index (κ3) is 5.59. The second-order valence-electron chi connectivity index (χ2n) is 7.47. The number of carbonyl (C=O) groups is 3. The van der Waals surface area contributed by atoms with E-state index in [2.05, 4.69) is 10.3 Å². The minimum atomic E-state index is -1.66. The average molecular weight is 463 g/mol. The van der Waals surface area contributed by atoms with Crippen LogP contribution in [-0.2, 0) is 33.8 Å². The van der Waals surface area contributed by atoms with Gasteiger partial charge in [-0.25, -0.2) is 4.79 Å². The van der Waals surface area contributed by atoms with Gasteiger partial charge in [0.2, 0.25) is 4.75 Å². The van der Waals surface area contributed by atoms with Crippen LogP contribution in [0, 0.1) is 0 Å². The van der Waals surface area contributed by atoms with Crippen LogP contribution < -0.4 is 10.1 Å². The third-order valence-corrected chi connectivity index (χ3v) is 6.25. The van der Waals surface area contributed by atoms with Crippen molar-refractivity contribution in [3.8, 4) is 5.75 Å². The number of thioether (sulfide) groups is 1. The van der Waals surface area contributed by atoms with E-state index in [1.165, 1.54) is 0 Å². The lowest BCUT2D eigenvalue weighted by Gasteiger charge is -2.22. The number of esters is 1. The Morgan fingerprint density at radius 3 is 2.36 bits per heavy atom. The van der Waals surface area contributed by atoms with Gasteiger partial charge in [0.25, 0.3) is 11.1 Å². The first-order valence-electron chi connectivity index (χ1n) is 10.4. The zero-order valence-electron chi connectivity index (χ0n) is 17.7. The molecule has 0 bridgehead atoms. The predicted octanol–water partition coefficient (Wildman–Crippen LogP) is 3.71. The van der Waals surface area contributed by atoms with Crippen LogP contribution in [-0.4, -0.2) is 33.5 Å². The quantitative estimate of drug-likeness (QED) is 0.383. The zero-order chi connectivity index (χ0) is 23.1. The molecule has 168 valence electrons. The molecule has 1 aliphatic heterocycles. The van der Waals surface area contributed by atoms with Crippen molar-refractivity contribution in [2.45, 2.75) is 24.2 Å². The highest BCUT2D eigenvalue weighted by atomic mass is 32.2. The van der Waals surface area contributed by atoms with Crippen molar-refractivity contribution in [2.75, 3.05) is 6.61 Å². The van der Waals surface area contributed by atoms with Crippen LogP contribution in [0.2, 0.25) is 0 Å². The van der Waals surface area contributed by atoms with Crippen molar-refractivity contribution in [2.24, 2.45) is 0 Å². The van der Waals surface area contributed by atoms with Gasteiger partial charge in [0.05, 0.1) is 6.61 Å². The molecule has 1 fully saturated rings. The second kappa shape index (κ2) is 10.3. The molecule has 7 nitrogen and oxygen atoms in total. The van der Waals surface area contributed by atoms with Crippen LogP contribution >= 0.6 is 11.8 Å². The Morgan fingerprint density at radius 2 is 1.70 bits per heavy atom. The molecule has 2 amide bonds. The van der Waals surface area contributed by atoms with E-state index in [0.29, 0.717) is 36.1 Å². The van der Waals surface area contributed by atoms with Gasteiger partial charge in [0.1, 0.15) is 12.4 Å². The summed E-state index contributed by atoms with van der Waals surface area (Å²) in [6, 6.07) is 22.0. The van der Waals surface area contributed by atoms with Gasteiger partial charge in [-0.3, -0.25) is 19.9 Å². The van der Waals surface area contributed by atoms with Crippen molar-refractivity contribution < 1.29 is 23.9 Å². The van der Waals surface area contributed by atoms with Gasteiger partial charge in [0.15, 0.2) is 0 Å². The standard InChI is InChI=1S/C25H22N2O5S/c28-22-25(33-24(30)27-22,23(29)32-17-19-6-2-1-3-7-19)16-18-9-11-21(12-10-18)31-15-13-20-8-4-5-14-26-20/h1-12,14H,13,15-17H2,(H,27,28,30)/t25-/m0/s1. The Kier molecular flexibility index (Phi) is 7.04. The monoisotopic (exact) mass is 462 g/mol. The molecule has 2 aromatic carbocycles. The predicted molar refractivity (Wildman–Crippen MR) is 124 cm³/mol. The lowest BCUT2D eigenvalue weighted by Crippen LogP contribution is -2.46. The van der Waals surface area contributed by atoms with E-state index < -0.39 is 21.9 Å². The lowest BCUT2D eigenvalue weighted by atomic mass is 9.97. The fourth-order valence-corrected chi connectivity index (χ4v) is 4.38. The van der Waals surface area contributed by atoms with Gasteiger partial charge < -0.3 is 9.47 Å². The number of nitrogens with one attached hydrogen (secondary N) is 1. The van der Waals surface area contributed by atoms with Gasteiger partial charge in [-0.15, -0.1) is 0 Å². The van der Waals surface area contributed by atoms with Crippen LogP contribution in [0.25, 0.3) is 0 Å². The highest BCUT2D eigenvalue weighted by Crippen LogP contribution is 2.37. The molecule has 0 aliphatic carbocycles.